The van der Waals surface area contributed by atoms with Gasteiger partial charge in [-0.25, -0.2) is 9.79 Å². The highest BCUT2D eigenvalue weighted by Gasteiger charge is 2.46. The van der Waals surface area contributed by atoms with Gasteiger partial charge in [-0.2, -0.15) is 0 Å². The SMILES string of the molecule is CCOC(=O)C=CCN1C(=O)C(C)(C(C)C)N=C1c1ccc(CC)cn1. The molecule has 0 N–H and O–H groups in total. The number of nitrogens with zero attached hydrogens (tertiary/aromatic N) is 3. The lowest BCUT2D eigenvalue weighted by Gasteiger charge is -2.25. The second-order valence-corrected chi connectivity index (χ2v) is 6.71. The van der Waals surface area contributed by atoms with Gasteiger partial charge in [-0.05, 0) is 37.8 Å². The minimum Gasteiger partial charge on any atom is -0.463 e. The fourth-order valence-corrected chi connectivity index (χ4v) is 2.65. The van der Waals surface area contributed by atoms with Gasteiger partial charge in [0, 0.05) is 18.8 Å². The van der Waals surface area contributed by atoms with Crippen LogP contribution in [0.1, 0.15) is 45.9 Å². The molecule has 0 aromatic carbocycles. The molecule has 2 heterocycles. The Balaban J connectivity index is 2.32. The van der Waals surface area contributed by atoms with E-state index in [1.54, 1.807) is 24.1 Å². The molecule has 0 spiro atoms. The monoisotopic (exact) mass is 357 g/mol. The summed E-state index contributed by atoms with van der Waals surface area (Å²) in [6.07, 6.45) is 5.67. The molecule has 1 amide bonds. The van der Waals surface area contributed by atoms with Crippen molar-refractivity contribution in [1.82, 2.24) is 9.88 Å². The standard InChI is InChI=1S/C20H27N3O3/c1-6-15-10-11-16(21-13-15)18-22-20(5,14(3)4)19(25)23(18)12-8-9-17(24)26-7-2/h8-11,13-14H,6-7,12H2,1-5H3. The van der Waals surface area contributed by atoms with Crippen molar-refractivity contribution in [3.8, 4) is 0 Å². The van der Waals surface area contributed by atoms with Gasteiger partial charge in [0.1, 0.15) is 11.2 Å². The highest BCUT2D eigenvalue weighted by atomic mass is 16.5. The van der Waals surface area contributed by atoms with Crippen molar-refractivity contribution in [3.05, 3.63) is 41.7 Å². The molecule has 6 nitrogen and oxygen atoms in total. The van der Waals surface area contributed by atoms with E-state index >= 15 is 0 Å². The summed E-state index contributed by atoms with van der Waals surface area (Å²) in [4.78, 5) is 35.3. The van der Waals surface area contributed by atoms with Crippen LogP contribution in [-0.2, 0) is 20.7 Å². The molecule has 0 fully saturated rings. The Morgan fingerprint density at radius 1 is 1.35 bits per heavy atom. The van der Waals surface area contributed by atoms with Gasteiger partial charge in [0.2, 0.25) is 0 Å². The first kappa shape index (κ1) is 19.8. The summed E-state index contributed by atoms with van der Waals surface area (Å²) >= 11 is 0. The summed E-state index contributed by atoms with van der Waals surface area (Å²) in [5.41, 5.74) is 0.946. The second-order valence-electron chi connectivity index (χ2n) is 6.71. The highest BCUT2D eigenvalue weighted by Crippen LogP contribution is 2.31. The minimum atomic E-state index is -0.835. The molecule has 0 bridgehead atoms. The number of hydrogen-bond acceptors (Lipinski definition) is 5. The molecule has 0 saturated heterocycles. The lowest BCUT2D eigenvalue weighted by molar-refractivity contribution is -0.137. The van der Waals surface area contributed by atoms with Crippen LogP contribution >= 0.6 is 0 Å². The molecular weight excluding hydrogens is 330 g/mol. The van der Waals surface area contributed by atoms with E-state index in [0.29, 0.717) is 18.1 Å². The largest absolute Gasteiger partial charge is 0.463 e. The second kappa shape index (κ2) is 8.25. The number of rotatable bonds is 7. The zero-order valence-corrected chi connectivity index (χ0v) is 16.2. The van der Waals surface area contributed by atoms with Crippen LogP contribution in [0.3, 0.4) is 0 Å². The van der Waals surface area contributed by atoms with Crippen molar-refractivity contribution in [1.29, 1.82) is 0 Å². The average molecular weight is 357 g/mol. The predicted molar refractivity (Wildman–Crippen MR) is 101 cm³/mol. The van der Waals surface area contributed by atoms with Gasteiger partial charge in [-0.1, -0.05) is 32.9 Å². The van der Waals surface area contributed by atoms with Crippen molar-refractivity contribution >= 4 is 17.7 Å². The van der Waals surface area contributed by atoms with Crippen molar-refractivity contribution < 1.29 is 14.3 Å². The number of pyridine rings is 1. The third kappa shape index (κ3) is 4.00. The Morgan fingerprint density at radius 3 is 2.62 bits per heavy atom. The van der Waals surface area contributed by atoms with E-state index in [-0.39, 0.29) is 18.4 Å². The summed E-state index contributed by atoms with van der Waals surface area (Å²) < 4.78 is 4.88. The zero-order valence-electron chi connectivity index (χ0n) is 16.2. The molecule has 6 heteroatoms. The fourth-order valence-electron chi connectivity index (χ4n) is 2.65. The maximum atomic E-state index is 13.0. The van der Waals surface area contributed by atoms with E-state index < -0.39 is 11.5 Å². The number of aryl methyl sites for hydroxylation is 1. The van der Waals surface area contributed by atoms with E-state index in [2.05, 4.69) is 11.9 Å². The van der Waals surface area contributed by atoms with Crippen LogP contribution in [0.2, 0.25) is 0 Å². The quantitative estimate of drug-likeness (QED) is 0.556. The van der Waals surface area contributed by atoms with Gasteiger partial charge in [0.05, 0.1) is 6.61 Å². The average Bonchev–Trinajstić information content (AvgIpc) is 2.88. The van der Waals surface area contributed by atoms with Crippen LogP contribution in [-0.4, -0.2) is 46.3 Å². The molecule has 1 aliphatic heterocycles. The van der Waals surface area contributed by atoms with E-state index in [9.17, 15) is 9.59 Å². The van der Waals surface area contributed by atoms with E-state index in [1.165, 1.54) is 6.08 Å². The van der Waals surface area contributed by atoms with Crippen molar-refractivity contribution in [3.63, 3.8) is 0 Å². The number of carbonyl (C=O) groups excluding carboxylic acids is 2. The molecule has 0 aliphatic carbocycles. The van der Waals surface area contributed by atoms with Crippen LogP contribution in [0.5, 0.6) is 0 Å². The van der Waals surface area contributed by atoms with Gasteiger partial charge in [0.15, 0.2) is 5.84 Å². The molecule has 1 aromatic heterocycles. The number of esters is 1. The molecule has 1 unspecified atom stereocenters. The number of ether oxygens (including phenoxy) is 1. The van der Waals surface area contributed by atoms with Gasteiger partial charge < -0.3 is 4.74 Å². The van der Waals surface area contributed by atoms with Crippen molar-refractivity contribution in [2.24, 2.45) is 10.9 Å². The zero-order chi connectivity index (χ0) is 19.3. The van der Waals surface area contributed by atoms with Gasteiger partial charge in [-0.3, -0.25) is 14.7 Å². The Morgan fingerprint density at radius 2 is 2.08 bits per heavy atom. The van der Waals surface area contributed by atoms with Crippen LogP contribution in [0.25, 0.3) is 0 Å². The Bertz CT molecular complexity index is 722. The number of carbonyl (C=O) groups is 2. The number of hydrogen-bond donors (Lipinski definition) is 0. The summed E-state index contributed by atoms with van der Waals surface area (Å²) in [5.74, 6) is 0.0772. The number of aromatic nitrogens is 1. The highest BCUT2D eigenvalue weighted by molar-refractivity contribution is 6.14. The van der Waals surface area contributed by atoms with Crippen molar-refractivity contribution in [2.45, 2.75) is 46.6 Å². The maximum Gasteiger partial charge on any atom is 0.330 e. The molecule has 1 aliphatic rings. The molecule has 0 saturated carbocycles. The number of aliphatic imine (C=N–C) groups is 1. The minimum absolute atomic E-state index is 0.0407. The third-order valence-electron chi connectivity index (χ3n) is 4.69. The molecule has 140 valence electrons. The first-order valence-corrected chi connectivity index (χ1v) is 9.03. The smallest absolute Gasteiger partial charge is 0.330 e. The maximum absolute atomic E-state index is 13.0. The summed E-state index contributed by atoms with van der Waals surface area (Å²) in [6, 6.07) is 3.88. The molecular formula is C20H27N3O3. The number of amidine groups is 1. The lowest BCUT2D eigenvalue weighted by Crippen LogP contribution is -2.44. The first-order chi connectivity index (χ1) is 12.3. The van der Waals surface area contributed by atoms with Crippen LogP contribution in [0, 0.1) is 5.92 Å². The Labute approximate surface area is 155 Å². The van der Waals surface area contributed by atoms with E-state index in [1.807, 2.05) is 32.9 Å². The van der Waals surface area contributed by atoms with Crippen LogP contribution in [0.15, 0.2) is 35.5 Å². The van der Waals surface area contributed by atoms with E-state index in [0.717, 1.165) is 12.0 Å². The van der Waals surface area contributed by atoms with Gasteiger partial charge in [-0.15, -0.1) is 0 Å². The van der Waals surface area contributed by atoms with Gasteiger partial charge >= 0.3 is 5.97 Å². The summed E-state index contributed by atoms with van der Waals surface area (Å²) in [5, 5.41) is 0. The topological polar surface area (TPSA) is 71.9 Å². The molecule has 1 aromatic rings. The molecule has 0 radical (unpaired) electrons. The van der Waals surface area contributed by atoms with E-state index in [4.69, 9.17) is 9.73 Å². The first-order valence-electron chi connectivity index (χ1n) is 9.03. The predicted octanol–water partition coefficient (Wildman–Crippen LogP) is 2.77. The number of amides is 1. The van der Waals surface area contributed by atoms with Crippen molar-refractivity contribution in [2.75, 3.05) is 13.2 Å². The Kier molecular flexibility index (Phi) is 6.29. The van der Waals surface area contributed by atoms with Crippen LogP contribution < -0.4 is 0 Å². The summed E-state index contributed by atoms with van der Waals surface area (Å²) in [6.45, 7) is 10.2. The molecule has 26 heavy (non-hydrogen) atoms. The normalized spacial score (nSPS) is 20.2. The molecule has 1 atom stereocenters. The van der Waals surface area contributed by atoms with Crippen LogP contribution in [0.4, 0.5) is 0 Å². The fraction of sp³-hybridized carbons (Fsp3) is 0.500. The third-order valence-corrected chi connectivity index (χ3v) is 4.69. The van der Waals surface area contributed by atoms with Gasteiger partial charge in [0.25, 0.3) is 5.91 Å². The lowest BCUT2D eigenvalue weighted by atomic mass is 9.89. The Hall–Kier alpha value is -2.50. The summed E-state index contributed by atoms with van der Waals surface area (Å²) in [7, 11) is 0. The molecule has 2 rings (SSSR count).